The summed E-state index contributed by atoms with van der Waals surface area (Å²) in [6.45, 7) is 3.15. The Morgan fingerprint density at radius 3 is 2.57 bits per heavy atom. The summed E-state index contributed by atoms with van der Waals surface area (Å²) in [7, 11) is 0. The number of anilines is 1. The predicted octanol–water partition coefficient (Wildman–Crippen LogP) is 3.37. The molecule has 2 unspecified atom stereocenters. The molecule has 2 aliphatic rings. The molecule has 1 spiro atoms. The number of ether oxygens (including phenoxy) is 1. The third-order valence-electron chi connectivity index (χ3n) is 5.38. The minimum atomic E-state index is 0.217. The molecule has 116 valence electrons. The van der Waals surface area contributed by atoms with Crippen LogP contribution < -0.4 is 5.32 Å². The van der Waals surface area contributed by atoms with Gasteiger partial charge in [0.2, 0.25) is 0 Å². The lowest BCUT2D eigenvalue weighted by atomic mass is 9.60. The van der Waals surface area contributed by atoms with E-state index >= 15 is 0 Å². The third-order valence-corrected chi connectivity index (χ3v) is 5.38. The van der Waals surface area contributed by atoms with Crippen LogP contribution in [0, 0.1) is 5.41 Å². The van der Waals surface area contributed by atoms with Crippen LogP contribution in [0.1, 0.15) is 44.6 Å². The lowest BCUT2D eigenvalue weighted by Crippen LogP contribution is -2.60. The van der Waals surface area contributed by atoms with E-state index in [-0.39, 0.29) is 6.61 Å². The molecule has 3 heteroatoms. The topological polar surface area (TPSA) is 41.5 Å². The first kappa shape index (κ1) is 14.9. The van der Waals surface area contributed by atoms with Crippen LogP contribution in [0.2, 0.25) is 0 Å². The Kier molecular flexibility index (Phi) is 4.51. The Bertz CT molecular complexity index is 451. The van der Waals surface area contributed by atoms with Crippen molar-refractivity contribution in [2.45, 2.75) is 57.6 Å². The largest absolute Gasteiger partial charge is 0.396 e. The third kappa shape index (κ3) is 2.82. The Hall–Kier alpha value is -1.06. The second kappa shape index (κ2) is 6.37. The van der Waals surface area contributed by atoms with Crippen molar-refractivity contribution in [1.29, 1.82) is 0 Å². The van der Waals surface area contributed by atoms with E-state index in [1.165, 1.54) is 36.9 Å². The Morgan fingerprint density at radius 1 is 1.24 bits per heavy atom. The van der Waals surface area contributed by atoms with E-state index < -0.39 is 0 Å². The summed E-state index contributed by atoms with van der Waals surface area (Å²) in [6.07, 6.45) is 7.62. The van der Waals surface area contributed by atoms with E-state index in [2.05, 4.69) is 36.5 Å². The SMILES string of the molecule is CCOC1CC(Nc2ccc(CCO)cc2)C12CCCC2. The van der Waals surface area contributed by atoms with Gasteiger partial charge in [-0.05, 0) is 50.3 Å². The van der Waals surface area contributed by atoms with Crippen molar-refractivity contribution in [3.8, 4) is 0 Å². The number of benzene rings is 1. The molecule has 3 nitrogen and oxygen atoms in total. The van der Waals surface area contributed by atoms with E-state index in [9.17, 15) is 0 Å². The van der Waals surface area contributed by atoms with Gasteiger partial charge in [0, 0.05) is 30.4 Å². The summed E-state index contributed by atoms with van der Waals surface area (Å²) in [4.78, 5) is 0. The van der Waals surface area contributed by atoms with Crippen LogP contribution in [0.5, 0.6) is 0 Å². The van der Waals surface area contributed by atoms with Crippen LogP contribution in [0.4, 0.5) is 5.69 Å². The summed E-state index contributed by atoms with van der Waals surface area (Å²) in [5, 5.41) is 12.7. The van der Waals surface area contributed by atoms with Gasteiger partial charge in [-0.15, -0.1) is 0 Å². The zero-order valence-electron chi connectivity index (χ0n) is 13.0. The van der Waals surface area contributed by atoms with Gasteiger partial charge in [0.25, 0.3) is 0 Å². The van der Waals surface area contributed by atoms with Crippen molar-refractivity contribution >= 4 is 5.69 Å². The molecule has 2 saturated carbocycles. The van der Waals surface area contributed by atoms with Crippen molar-refractivity contribution in [2.24, 2.45) is 5.41 Å². The molecule has 0 bridgehead atoms. The maximum atomic E-state index is 8.97. The predicted molar refractivity (Wildman–Crippen MR) is 85.6 cm³/mol. The number of hydrogen-bond donors (Lipinski definition) is 2. The molecular weight excluding hydrogens is 262 g/mol. The van der Waals surface area contributed by atoms with Gasteiger partial charge in [-0.3, -0.25) is 0 Å². The zero-order chi connectivity index (χ0) is 14.7. The Labute approximate surface area is 127 Å². The lowest BCUT2D eigenvalue weighted by Gasteiger charge is -2.54. The summed E-state index contributed by atoms with van der Waals surface area (Å²) in [5.74, 6) is 0. The first-order valence-electron chi connectivity index (χ1n) is 8.36. The highest BCUT2D eigenvalue weighted by atomic mass is 16.5. The molecule has 0 saturated heterocycles. The molecular formula is C18H27NO2. The molecule has 21 heavy (non-hydrogen) atoms. The monoisotopic (exact) mass is 289 g/mol. The molecule has 1 aromatic rings. The van der Waals surface area contributed by atoms with Crippen LogP contribution in [0.15, 0.2) is 24.3 Å². The fourth-order valence-electron chi connectivity index (χ4n) is 4.19. The number of aliphatic hydroxyl groups excluding tert-OH is 1. The second-order valence-corrected chi connectivity index (χ2v) is 6.49. The standard InChI is InChI=1S/C18H27NO2/c1-2-21-17-13-16(18(17)10-3-4-11-18)19-15-7-5-14(6-8-15)9-12-20/h5-8,16-17,19-20H,2-4,9-13H2,1H3. The summed E-state index contributed by atoms with van der Waals surface area (Å²) < 4.78 is 5.97. The van der Waals surface area contributed by atoms with Crippen LogP contribution in [0.25, 0.3) is 0 Å². The molecule has 0 heterocycles. The molecule has 0 aliphatic heterocycles. The van der Waals surface area contributed by atoms with Crippen molar-refractivity contribution in [3.05, 3.63) is 29.8 Å². The van der Waals surface area contributed by atoms with Gasteiger partial charge in [0.1, 0.15) is 0 Å². The fourth-order valence-corrected chi connectivity index (χ4v) is 4.19. The maximum absolute atomic E-state index is 8.97. The summed E-state index contributed by atoms with van der Waals surface area (Å²) >= 11 is 0. The summed E-state index contributed by atoms with van der Waals surface area (Å²) in [6, 6.07) is 9.06. The molecule has 0 radical (unpaired) electrons. The van der Waals surface area contributed by atoms with E-state index in [1.54, 1.807) is 0 Å². The van der Waals surface area contributed by atoms with Crippen molar-refractivity contribution < 1.29 is 9.84 Å². The number of hydrogen-bond acceptors (Lipinski definition) is 3. The van der Waals surface area contributed by atoms with Crippen LogP contribution >= 0.6 is 0 Å². The molecule has 2 fully saturated rings. The van der Waals surface area contributed by atoms with Crippen molar-refractivity contribution in [2.75, 3.05) is 18.5 Å². The van der Waals surface area contributed by atoms with Gasteiger partial charge in [-0.25, -0.2) is 0 Å². The van der Waals surface area contributed by atoms with Crippen molar-refractivity contribution in [3.63, 3.8) is 0 Å². The number of rotatable bonds is 6. The minimum absolute atomic E-state index is 0.217. The van der Waals surface area contributed by atoms with Crippen LogP contribution in [-0.2, 0) is 11.2 Å². The Balaban J connectivity index is 1.64. The average Bonchev–Trinajstić information content (AvgIpc) is 3.01. The van der Waals surface area contributed by atoms with E-state index in [0.29, 0.717) is 17.6 Å². The van der Waals surface area contributed by atoms with Gasteiger partial charge in [-0.2, -0.15) is 0 Å². The fraction of sp³-hybridized carbons (Fsp3) is 0.667. The maximum Gasteiger partial charge on any atom is 0.0670 e. The van der Waals surface area contributed by atoms with Gasteiger partial charge in [-0.1, -0.05) is 25.0 Å². The normalized spacial score (nSPS) is 26.8. The lowest BCUT2D eigenvalue weighted by molar-refractivity contribution is -0.114. The van der Waals surface area contributed by atoms with Gasteiger partial charge in [0.15, 0.2) is 0 Å². The molecule has 0 amide bonds. The highest BCUT2D eigenvalue weighted by Gasteiger charge is 2.56. The molecule has 2 N–H and O–H groups in total. The summed E-state index contributed by atoms with van der Waals surface area (Å²) in [5.41, 5.74) is 2.77. The minimum Gasteiger partial charge on any atom is -0.396 e. The zero-order valence-corrected chi connectivity index (χ0v) is 13.0. The molecule has 0 aromatic heterocycles. The van der Waals surface area contributed by atoms with Crippen molar-refractivity contribution in [1.82, 2.24) is 0 Å². The first-order valence-corrected chi connectivity index (χ1v) is 8.36. The van der Waals surface area contributed by atoms with Crippen LogP contribution in [-0.4, -0.2) is 30.5 Å². The molecule has 1 aromatic carbocycles. The number of aliphatic hydroxyl groups is 1. The first-order chi connectivity index (χ1) is 10.3. The van der Waals surface area contributed by atoms with Crippen LogP contribution in [0.3, 0.4) is 0 Å². The average molecular weight is 289 g/mol. The Morgan fingerprint density at radius 2 is 1.95 bits per heavy atom. The van der Waals surface area contributed by atoms with Gasteiger partial charge in [0.05, 0.1) is 6.10 Å². The quantitative estimate of drug-likeness (QED) is 0.843. The molecule has 2 aliphatic carbocycles. The smallest absolute Gasteiger partial charge is 0.0670 e. The highest BCUT2D eigenvalue weighted by Crippen LogP contribution is 2.55. The highest BCUT2D eigenvalue weighted by molar-refractivity contribution is 5.47. The van der Waals surface area contributed by atoms with E-state index in [0.717, 1.165) is 19.4 Å². The number of nitrogens with one attached hydrogen (secondary N) is 1. The van der Waals surface area contributed by atoms with Gasteiger partial charge >= 0.3 is 0 Å². The van der Waals surface area contributed by atoms with E-state index in [4.69, 9.17) is 9.84 Å². The van der Waals surface area contributed by atoms with Gasteiger partial charge < -0.3 is 15.2 Å². The second-order valence-electron chi connectivity index (χ2n) is 6.49. The molecule has 2 atom stereocenters. The molecule has 3 rings (SSSR count). The van der Waals surface area contributed by atoms with E-state index in [1.807, 2.05) is 0 Å².